The summed E-state index contributed by atoms with van der Waals surface area (Å²) in [6, 6.07) is 10.1. The number of carboxylic acid groups (broad SMARTS) is 1. The minimum atomic E-state index is -1.16. The van der Waals surface area contributed by atoms with Crippen LogP contribution in [-0.2, 0) is 4.79 Å². The fourth-order valence-corrected chi connectivity index (χ4v) is 1.72. The number of aliphatic carboxylic acids is 1. The molecule has 0 saturated carbocycles. The third-order valence-electron chi connectivity index (χ3n) is 2.57. The largest absolute Gasteiger partial charge is 0.478 e. The van der Waals surface area contributed by atoms with Gasteiger partial charge in [-0.15, -0.1) is 0 Å². The molecular weight excluding hydrogens is 250 g/mol. The SMILES string of the molecule is O=C(O)/C=C/c1cccc(-c2cccc(F)c2)c1F. The van der Waals surface area contributed by atoms with E-state index in [0.29, 0.717) is 5.56 Å². The van der Waals surface area contributed by atoms with Crippen molar-refractivity contribution in [3.05, 3.63) is 65.7 Å². The molecule has 2 aromatic rings. The highest BCUT2D eigenvalue weighted by Gasteiger charge is 2.08. The summed E-state index contributed by atoms with van der Waals surface area (Å²) in [7, 11) is 0. The first-order chi connectivity index (χ1) is 9.08. The van der Waals surface area contributed by atoms with Gasteiger partial charge in [-0.05, 0) is 23.8 Å². The van der Waals surface area contributed by atoms with Crippen molar-refractivity contribution < 1.29 is 18.7 Å². The second kappa shape index (κ2) is 5.44. The standard InChI is InChI=1S/C15H10F2O2/c16-12-5-1-4-11(9-12)13-6-2-3-10(15(13)17)7-8-14(18)19/h1-9H,(H,18,19)/b8-7+. The fourth-order valence-electron chi connectivity index (χ4n) is 1.72. The Labute approximate surface area is 108 Å². The van der Waals surface area contributed by atoms with E-state index < -0.39 is 17.6 Å². The molecule has 2 nitrogen and oxygen atoms in total. The Balaban J connectivity index is 2.48. The quantitative estimate of drug-likeness (QED) is 0.854. The van der Waals surface area contributed by atoms with Gasteiger partial charge < -0.3 is 5.11 Å². The second-order valence-corrected chi connectivity index (χ2v) is 3.89. The van der Waals surface area contributed by atoms with Gasteiger partial charge >= 0.3 is 5.97 Å². The van der Waals surface area contributed by atoms with Crippen molar-refractivity contribution in [2.24, 2.45) is 0 Å². The molecule has 0 radical (unpaired) electrons. The minimum absolute atomic E-state index is 0.143. The molecule has 0 aromatic heterocycles. The number of carbonyl (C=O) groups is 1. The molecule has 2 aromatic carbocycles. The van der Waals surface area contributed by atoms with Crippen molar-refractivity contribution in [1.82, 2.24) is 0 Å². The second-order valence-electron chi connectivity index (χ2n) is 3.89. The van der Waals surface area contributed by atoms with Crippen molar-refractivity contribution in [3.8, 4) is 11.1 Å². The zero-order valence-electron chi connectivity index (χ0n) is 9.81. The zero-order chi connectivity index (χ0) is 13.8. The van der Waals surface area contributed by atoms with Crippen LogP contribution < -0.4 is 0 Å². The maximum Gasteiger partial charge on any atom is 0.328 e. The molecule has 0 aliphatic carbocycles. The lowest BCUT2D eigenvalue weighted by Gasteiger charge is -2.06. The number of carboxylic acids is 1. The smallest absolute Gasteiger partial charge is 0.328 e. The highest BCUT2D eigenvalue weighted by Crippen LogP contribution is 2.26. The molecule has 0 saturated heterocycles. The van der Waals surface area contributed by atoms with Crippen LogP contribution in [0, 0.1) is 11.6 Å². The molecule has 0 atom stereocenters. The lowest BCUT2D eigenvalue weighted by molar-refractivity contribution is -0.131. The monoisotopic (exact) mass is 260 g/mol. The van der Waals surface area contributed by atoms with E-state index in [-0.39, 0.29) is 11.1 Å². The summed E-state index contributed by atoms with van der Waals surface area (Å²) in [5.41, 5.74) is 0.777. The van der Waals surface area contributed by atoms with Gasteiger partial charge in [0.05, 0.1) is 0 Å². The summed E-state index contributed by atoms with van der Waals surface area (Å²) in [5.74, 6) is -2.19. The van der Waals surface area contributed by atoms with Gasteiger partial charge in [-0.2, -0.15) is 0 Å². The number of benzene rings is 2. The average molecular weight is 260 g/mol. The summed E-state index contributed by atoms with van der Waals surface area (Å²) in [6.07, 6.45) is 2.02. The average Bonchev–Trinajstić information content (AvgIpc) is 2.37. The maximum absolute atomic E-state index is 14.2. The van der Waals surface area contributed by atoms with Gasteiger partial charge in [0.1, 0.15) is 11.6 Å². The van der Waals surface area contributed by atoms with Crippen molar-refractivity contribution in [2.45, 2.75) is 0 Å². The molecule has 96 valence electrons. The Kier molecular flexibility index (Phi) is 3.71. The van der Waals surface area contributed by atoms with E-state index in [9.17, 15) is 13.6 Å². The van der Waals surface area contributed by atoms with Gasteiger partial charge in [-0.3, -0.25) is 0 Å². The van der Waals surface area contributed by atoms with E-state index in [1.165, 1.54) is 36.4 Å². The van der Waals surface area contributed by atoms with E-state index in [1.54, 1.807) is 12.1 Å². The Bertz CT molecular complexity index is 648. The Hall–Kier alpha value is -2.49. The lowest BCUT2D eigenvalue weighted by atomic mass is 10.0. The summed E-state index contributed by atoms with van der Waals surface area (Å²) in [4.78, 5) is 10.4. The van der Waals surface area contributed by atoms with Crippen molar-refractivity contribution >= 4 is 12.0 Å². The van der Waals surface area contributed by atoms with Crippen molar-refractivity contribution in [2.75, 3.05) is 0 Å². The number of hydrogen-bond acceptors (Lipinski definition) is 1. The molecule has 2 rings (SSSR count). The molecule has 0 amide bonds. The van der Waals surface area contributed by atoms with E-state index in [2.05, 4.69) is 0 Å². The van der Waals surface area contributed by atoms with Gasteiger partial charge in [0.2, 0.25) is 0 Å². The molecule has 19 heavy (non-hydrogen) atoms. The maximum atomic E-state index is 14.2. The topological polar surface area (TPSA) is 37.3 Å². The number of rotatable bonds is 3. The molecule has 4 heteroatoms. The summed E-state index contributed by atoms with van der Waals surface area (Å²) in [5, 5.41) is 8.53. The third-order valence-corrected chi connectivity index (χ3v) is 2.57. The Morgan fingerprint density at radius 1 is 1.11 bits per heavy atom. The lowest BCUT2D eigenvalue weighted by Crippen LogP contribution is -1.91. The van der Waals surface area contributed by atoms with Crippen LogP contribution in [0.3, 0.4) is 0 Å². The normalized spacial score (nSPS) is 10.8. The summed E-state index contributed by atoms with van der Waals surface area (Å²) >= 11 is 0. The molecule has 0 aliphatic rings. The van der Waals surface area contributed by atoms with Crippen LogP contribution >= 0.6 is 0 Å². The highest BCUT2D eigenvalue weighted by molar-refractivity contribution is 5.85. The molecular formula is C15H10F2O2. The van der Waals surface area contributed by atoms with Crippen LogP contribution in [0.25, 0.3) is 17.2 Å². The number of halogens is 2. The van der Waals surface area contributed by atoms with Crippen molar-refractivity contribution in [1.29, 1.82) is 0 Å². The first kappa shape index (κ1) is 13.0. The molecule has 1 N–H and O–H groups in total. The molecule has 0 fully saturated rings. The Morgan fingerprint density at radius 3 is 2.53 bits per heavy atom. The molecule has 0 unspecified atom stereocenters. The van der Waals surface area contributed by atoms with Crippen molar-refractivity contribution in [3.63, 3.8) is 0 Å². The highest BCUT2D eigenvalue weighted by atomic mass is 19.1. The first-order valence-electron chi connectivity index (χ1n) is 5.53. The molecule has 0 heterocycles. The zero-order valence-corrected chi connectivity index (χ0v) is 9.81. The van der Waals surface area contributed by atoms with Crippen LogP contribution in [0.2, 0.25) is 0 Å². The molecule has 0 spiro atoms. The van der Waals surface area contributed by atoms with E-state index in [0.717, 1.165) is 6.08 Å². The van der Waals surface area contributed by atoms with Crippen LogP contribution in [0.4, 0.5) is 8.78 Å². The van der Waals surface area contributed by atoms with Crippen LogP contribution in [-0.4, -0.2) is 11.1 Å². The minimum Gasteiger partial charge on any atom is -0.478 e. The van der Waals surface area contributed by atoms with Gasteiger partial charge in [0.15, 0.2) is 0 Å². The predicted molar refractivity (Wildman–Crippen MR) is 68.5 cm³/mol. The summed E-state index contributed by atoms with van der Waals surface area (Å²) < 4.78 is 27.3. The summed E-state index contributed by atoms with van der Waals surface area (Å²) in [6.45, 7) is 0. The van der Waals surface area contributed by atoms with E-state index in [4.69, 9.17) is 5.11 Å². The predicted octanol–water partition coefficient (Wildman–Crippen LogP) is 3.73. The molecule has 0 bridgehead atoms. The Morgan fingerprint density at radius 2 is 1.84 bits per heavy atom. The first-order valence-corrected chi connectivity index (χ1v) is 5.53. The van der Waals surface area contributed by atoms with E-state index >= 15 is 0 Å². The van der Waals surface area contributed by atoms with Crippen LogP contribution in [0.5, 0.6) is 0 Å². The van der Waals surface area contributed by atoms with Crippen LogP contribution in [0.15, 0.2) is 48.5 Å². The van der Waals surface area contributed by atoms with Gasteiger partial charge in [-0.25, -0.2) is 13.6 Å². The van der Waals surface area contributed by atoms with Gasteiger partial charge in [-0.1, -0.05) is 30.3 Å². The molecule has 0 aliphatic heterocycles. The van der Waals surface area contributed by atoms with E-state index in [1.807, 2.05) is 0 Å². The third kappa shape index (κ3) is 3.04. The fraction of sp³-hybridized carbons (Fsp3) is 0. The van der Waals surface area contributed by atoms with Crippen LogP contribution in [0.1, 0.15) is 5.56 Å². The van der Waals surface area contributed by atoms with Gasteiger partial charge in [0.25, 0.3) is 0 Å². The number of hydrogen-bond donors (Lipinski definition) is 1. The van der Waals surface area contributed by atoms with Gasteiger partial charge in [0, 0.05) is 17.2 Å².